The molecule has 7 heteroatoms. The molecule has 1 N–H and O–H groups in total. The summed E-state index contributed by atoms with van der Waals surface area (Å²) in [5, 5.41) is 9.69. The van der Waals surface area contributed by atoms with E-state index in [0.717, 1.165) is 11.1 Å². The van der Waals surface area contributed by atoms with Crippen molar-refractivity contribution < 1.29 is 13.5 Å². The van der Waals surface area contributed by atoms with E-state index >= 15 is 0 Å². The lowest BCUT2D eigenvalue weighted by molar-refractivity contribution is 0.475. The monoisotopic (exact) mass is 415 g/mol. The summed E-state index contributed by atoms with van der Waals surface area (Å²) in [6.07, 6.45) is 1.18. The highest BCUT2D eigenvalue weighted by Gasteiger charge is 2.29. The molecular weight excluding hydrogens is 398 g/mol. The van der Waals surface area contributed by atoms with Gasteiger partial charge in [-0.15, -0.1) is 0 Å². The first kappa shape index (κ1) is 18.3. The van der Waals surface area contributed by atoms with Gasteiger partial charge in [0.1, 0.15) is 11.4 Å². The normalized spacial score (nSPS) is 11.9. The van der Waals surface area contributed by atoms with Gasteiger partial charge in [0.2, 0.25) is 10.0 Å². The maximum atomic E-state index is 12.9. The van der Waals surface area contributed by atoms with Crippen LogP contribution in [0.15, 0.2) is 78.9 Å². The first-order valence-electron chi connectivity index (χ1n) is 9.30. The third kappa shape index (κ3) is 2.91. The average molecular weight is 415 g/mol. The zero-order valence-corrected chi connectivity index (χ0v) is 16.8. The van der Waals surface area contributed by atoms with E-state index < -0.39 is 10.0 Å². The van der Waals surface area contributed by atoms with E-state index in [2.05, 4.69) is 4.98 Å². The van der Waals surface area contributed by atoms with Crippen molar-refractivity contribution in [3.05, 3.63) is 78.9 Å². The first-order valence-corrected chi connectivity index (χ1v) is 11.1. The van der Waals surface area contributed by atoms with Gasteiger partial charge in [0.15, 0.2) is 5.82 Å². The third-order valence-electron chi connectivity index (χ3n) is 4.97. The van der Waals surface area contributed by atoms with Gasteiger partial charge in [-0.1, -0.05) is 42.5 Å². The molecule has 0 fully saturated rings. The molecule has 0 bridgehead atoms. The summed E-state index contributed by atoms with van der Waals surface area (Å²) in [4.78, 5) is 9.39. The van der Waals surface area contributed by atoms with Crippen LogP contribution in [0.25, 0.3) is 44.9 Å². The minimum Gasteiger partial charge on any atom is -0.508 e. The summed E-state index contributed by atoms with van der Waals surface area (Å²) >= 11 is 0. The van der Waals surface area contributed by atoms with E-state index in [1.807, 2.05) is 36.4 Å². The van der Waals surface area contributed by atoms with E-state index in [9.17, 15) is 13.5 Å². The summed E-state index contributed by atoms with van der Waals surface area (Å²) in [7, 11) is -3.67. The van der Waals surface area contributed by atoms with Crippen LogP contribution in [0.1, 0.15) is 0 Å². The molecule has 3 aromatic carbocycles. The van der Waals surface area contributed by atoms with Gasteiger partial charge in [-0.05, 0) is 42.0 Å². The smallest absolute Gasteiger partial charge is 0.236 e. The van der Waals surface area contributed by atoms with Gasteiger partial charge in [-0.3, -0.25) is 0 Å². The van der Waals surface area contributed by atoms with E-state index in [-0.39, 0.29) is 5.75 Å². The molecule has 0 saturated heterocycles. The largest absolute Gasteiger partial charge is 0.508 e. The maximum Gasteiger partial charge on any atom is 0.236 e. The topological polar surface area (TPSA) is 85.1 Å². The Morgan fingerprint density at radius 2 is 1.47 bits per heavy atom. The second-order valence-electron chi connectivity index (χ2n) is 7.05. The fourth-order valence-electron chi connectivity index (χ4n) is 3.72. The number of phenolic OH excluding ortho intramolecular Hbond substituents is 1. The molecule has 5 rings (SSSR count). The quantitative estimate of drug-likeness (QED) is 0.473. The zero-order chi connectivity index (χ0) is 20.9. The Hall–Kier alpha value is -3.71. The van der Waals surface area contributed by atoms with E-state index in [1.165, 1.54) is 10.2 Å². The Balaban J connectivity index is 2.00. The number of aromatic hydroxyl groups is 1. The van der Waals surface area contributed by atoms with Crippen LogP contribution in [0.3, 0.4) is 0 Å². The van der Waals surface area contributed by atoms with Crippen LogP contribution in [-0.4, -0.2) is 33.7 Å². The fourth-order valence-corrected chi connectivity index (χ4v) is 4.74. The summed E-state index contributed by atoms with van der Waals surface area (Å²) in [6, 6.07) is 23.3. The Morgan fingerprint density at radius 3 is 2.17 bits per heavy atom. The molecule has 0 radical (unpaired) electrons. The number of rotatable bonds is 3. The number of phenols is 1. The predicted octanol–water partition coefficient (Wildman–Crippen LogP) is 4.38. The highest BCUT2D eigenvalue weighted by Crippen LogP contribution is 2.43. The minimum absolute atomic E-state index is 0.145. The molecule has 3 aromatic rings. The summed E-state index contributed by atoms with van der Waals surface area (Å²) in [5.74, 6) is 0.493. The first-order chi connectivity index (χ1) is 14.4. The van der Waals surface area contributed by atoms with Crippen LogP contribution in [0.5, 0.6) is 5.75 Å². The number of hydrogen-bond acceptors (Lipinski definition) is 5. The van der Waals surface area contributed by atoms with Crippen LogP contribution < -0.4 is 0 Å². The lowest BCUT2D eigenvalue weighted by Gasteiger charge is -2.15. The molecule has 0 aromatic heterocycles. The number of para-hydroxylation sites is 2. The molecule has 2 aliphatic heterocycles. The lowest BCUT2D eigenvalue weighted by Crippen LogP contribution is -2.15. The van der Waals surface area contributed by atoms with Crippen molar-refractivity contribution in [1.29, 1.82) is 0 Å². The van der Waals surface area contributed by atoms with Crippen molar-refractivity contribution in [3.8, 4) is 39.7 Å². The summed E-state index contributed by atoms with van der Waals surface area (Å²) in [5.41, 5.74) is 4.35. The zero-order valence-electron chi connectivity index (χ0n) is 16.0. The van der Waals surface area contributed by atoms with Crippen LogP contribution in [0.4, 0.5) is 0 Å². The molecule has 0 spiro atoms. The fraction of sp³-hybridized carbons (Fsp3) is 0.0435. The summed E-state index contributed by atoms with van der Waals surface area (Å²) in [6.45, 7) is 0. The van der Waals surface area contributed by atoms with Crippen LogP contribution in [-0.2, 0) is 10.0 Å². The average Bonchev–Trinajstić information content (AvgIpc) is 3.11. The van der Waals surface area contributed by atoms with Crippen LogP contribution in [0.2, 0.25) is 0 Å². The SMILES string of the molecule is CS(=O)(=O)n1c2c(-c3ccccc3)c(-c3ccc(O)cc3)nc-2nc2ccccc21. The predicted molar refractivity (Wildman–Crippen MR) is 117 cm³/mol. The maximum absolute atomic E-state index is 12.9. The van der Waals surface area contributed by atoms with Gasteiger partial charge in [-0.2, -0.15) is 0 Å². The molecule has 2 heterocycles. The Labute approximate surface area is 173 Å². The van der Waals surface area contributed by atoms with Gasteiger partial charge < -0.3 is 5.11 Å². The second kappa shape index (κ2) is 6.67. The highest BCUT2D eigenvalue weighted by atomic mass is 32.2. The van der Waals surface area contributed by atoms with Crippen molar-refractivity contribution in [2.45, 2.75) is 0 Å². The Bertz CT molecular complexity index is 1460. The highest BCUT2D eigenvalue weighted by molar-refractivity contribution is 7.89. The molecule has 0 atom stereocenters. The Kier molecular flexibility index (Phi) is 4.08. The van der Waals surface area contributed by atoms with Gasteiger partial charge in [0, 0.05) is 11.1 Å². The molecule has 6 nitrogen and oxygen atoms in total. The van der Waals surface area contributed by atoms with E-state index in [4.69, 9.17) is 4.98 Å². The van der Waals surface area contributed by atoms with E-state index in [0.29, 0.717) is 33.8 Å². The molecular formula is C23H17N3O3S. The van der Waals surface area contributed by atoms with Gasteiger partial charge in [0.05, 0.1) is 23.0 Å². The van der Waals surface area contributed by atoms with Crippen LogP contribution >= 0.6 is 0 Å². The molecule has 0 aliphatic carbocycles. The number of fused-ring (bicyclic) bond motifs is 2. The van der Waals surface area contributed by atoms with Gasteiger partial charge in [-0.25, -0.2) is 22.4 Å². The second-order valence-corrected chi connectivity index (χ2v) is 8.88. The number of hydrogen-bond donors (Lipinski definition) is 1. The number of aromatic nitrogens is 3. The van der Waals surface area contributed by atoms with Crippen molar-refractivity contribution in [2.24, 2.45) is 0 Å². The minimum atomic E-state index is -3.67. The molecule has 2 aliphatic rings. The lowest BCUT2D eigenvalue weighted by atomic mass is 9.99. The standard InChI is InChI=1S/C23H17N3O3S/c1-30(28,29)26-19-10-6-5-9-18(19)24-23-22(26)20(15-7-3-2-4-8-15)21(25-23)16-11-13-17(27)14-12-16/h2-14,27H,1H3. The Morgan fingerprint density at radius 1 is 0.800 bits per heavy atom. The van der Waals surface area contributed by atoms with Crippen molar-refractivity contribution in [2.75, 3.05) is 6.26 Å². The summed E-state index contributed by atoms with van der Waals surface area (Å²) < 4.78 is 27.1. The van der Waals surface area contributed by atoms with Crippen LogP contribution in [0, 0.1) is 0 Å². The van der Waals surface area contributed by atoms with Crippen molar-refractivity contribution in [1.82, 2.24) is 13.9 Å². The molecule has 0 amide bonds. The van der Waals surface area contributed by atoms with Crippen molar-refractivity contribution >= 4 is 21.1 Å². The molecule has 148 valence electrons. The van der Waals surface area contributed by atoms with Gasteiger partial charge >= 0.3 is 0 Å². The number of nitrogens with zero attached hydrogens (tertiary/aromatic N) is 3. The molecule has 0 unspecified atom stereocenters. The molecule has 30 heavy (non-hydrogen) atoms. The van der Waals surface area contributed by atoms with E-state index in [1.54, 1.807) is 42.5 Å². The number of benzene rings is 3. The molecule has 0 saturated carbocycles. The van der Waals surface area contributed by atoms with Crippen molar-refractivity contribution in [3.63, 3.8) is 0 Å². The van der Waals surface area contributed by atoms with Gasteiger partial charge in [0.25, 0.3) is 0 Å². The third-order valence-corrected chi connectivity index (χ3v) is 6.01.